The van der Waals surface area contributed by atoms with Gasteiger partial charge in [-0.1, -0.05) is 54.6 Å². The third-order valence-electron chi connectivity index (χ3n) is 6.65. The van der Waals surface area contributed by atoms with Gasteiger partial charge in [0, 0.05) is 42.8 Å². The fourth-order valence-corrected chi connectivity index (χ4v) is 4.82. The maximum Gasteiger partial charge on any atom is 0.159 e. The summed E-state index contributed by atoms with van der Waals surface area (Å²) in [6.45, 7) is 8.12. The van der Waals surface area contributed by atoms with E-state index in [-0.39, 0.29) is 35.5 Å². The molecule has 1 heterocycles. The summed E-state index contributed by atoms with van der Waals surface area (Å²) in [7, 11) is 0. The lowest BCUT2D eigenvalue weighted by molar-refractivity contribution is 0.0190. The molecule has 0 spiro atoms. The molecule has 0 radical (unpaired) electrons. The van der Waals surface area contributed by atoms with Gasteiger partial charge in [-0.15, -0.1) is 0 Å². The number of carbonyl (C=O) groups is 1. The number of nitrogens with zero attached hydrogens (tertiary/aromatic N) is 2. The fraction of sp³-hybridized carbons (Fsp3) is 0.321. The number of halogens is 1. The molecule has 5 heteroatoms. The van der Waals surface area contributed by atoms with E-state index in [9.17, 15) is 14.3 Å². The third kappa shape index (κ3) is 5.15. The van der Waals surface area contributed by atoms with E-state index in [4.69, 9.17) is 0 Å². The molecule has 4 rings (SSSR count). The number of phenolic OH excluding ortho intramolecular Hbond substituents is 1. The van der Waals surface area contributed by atoms with Crippen molar-refractivity contribution in [1.82, 2.24) is 9.80 Å². The van der Waals surface area contributed by atoms with E-state index in [1.165, 1.54) is 6.07 Å². The van der Waals surface area contributed by atoms with Crippen LogP contribution in [-0.2, 0) is 6.54 Å². The normalized spacial score (nSPS) is 20.5. The second-order valence-corrected chi connectivity index (χ2v) is 9.09. The molecule has 1 fully saturated rings. The first-order chi connectivity index (χ1) is 15.8. The van der Waals surface area contributed by atoms with Crippen LogP contribution >= 0.6 is 0 Å². The highest BCUT2D eigenvalue weighted by atomic mass is 19.1. The molecule has 172 valence electrons. The quantitative estimate of drug-likeness (QED) is 0.514. The van der Waals surface area contributed by atoms with Gasteiger partial charge in [-0.25, -0.2) is 4.39 Å². The first-order valence-electron chi connectivity index (χ1n) is 11.5. The number of carbonyl (C=O) groups excluding carboxylic acids is 1. The van der Waals surface area contributed by atoms with E-state index < -0.39 is 0 Å². The molecule has 1 aliphatic rings. The smallest absolute Gasteiger partial charge is 0.159 e. The van der Waals surface area contributed by atoms with E-state index in [0.717, 1.165) is 24.2 Å². The van der Waals surface area contributed by atoms with Crippen LogP contribution in [-0.4, -0.2) is 45.9 Å². The molecule has 1 N–H and O–H groups in total. The minimum atomic E-state index is -0.164. The van der Waals surface area contributed by atoms with Gasteiger partial charge in [-0.2, -0.15) is 0 Å². The number of benzene rings is 3. The first-order valence-corrected chi connectivity index (χ1v) is 11.5. The van der Waals surface area contributed by atoms with Crippen LogP contribution in [0.3, 0.4) is 0 Å². The topological polar surface area (TPSA) is 43.8 Å². The molecule has 0 amide bonds. The fourth-order valence-electron chi connectivity index (χ4n) is 4.82. The summed E-state index contributed by atoms with van der Waals surface area (Å²) >= 11 is 0. The Hall–Kier alpha value is -3.02. The Morgan fingerprint density at radius 1 is 0.970 bits per heavy atom. The van der Waals surface area contributed by atoms with E-state index in [0.29, 0.717) is 17.7 Å². The molecule has 1 aliphatic heterocycles. The SMILES string of the molecule is CC(=O)c1ccc([C@@H](c2cccc(O)c2)N2C[C@@H](C)N(Cc3ccccc3F)C[C@@H]2C)cc1. The summed E-state index contributed by atoms with van der Waals surface area (Å²) < 4.78 is 14.3. The molecule has 4 nitrogen and oxygen atoms in total. The van der Waals surface area contributed by atoms with Crippen molar-refractivity contribution in [1.29, 1.82) is 0 Å². The maximum atomic E-state index is 14.3. The maximum absolute atomic E-state index is 14.3. The minimum absolute atomic E-state index is 0.0409. The summed E-state index contributed by atoms with van der Waals surface area (Å²) in [5.41, 5.74) is 3.48. The van der Waals surface area contributed by atoms with Gasteiger partial charge in [0.15, 0.2) is 5.78 Å². The summed E-state index contributed by atoms with van der Waals surface area (Å²) in [6, 6.07) is 22.5. The Morgan fingerprint density at radius 3 is 2.36 bits per heavy atom. The summed E-state index contributed by atoms with van der Waals surface area (Å²) in [5.74, 6) is 0.110. The molecule has 33 heavy (non-hydrogen) atoms. The van der Waals surface area contributed by atoms with Gasteiger partial charge >= 0.3 is 0 Å². The van der Waals surface area contributed by atoms with Gasteiger partial charge in [0.05, 0.1) is 6.04 Å². The third-order valence-corrected chi connectivity index (χ3v) is 6.65. The highest BCUT2D eigenvalue weighted by molar-refractivity contribution is 5.94. The Kier molecular flexibility index (Phi) is 6.91. The number of ketones is 1. The second kappa shape index (κ2) is 9.86. The predicted octanol–water partition coefficient (Wildman–Crippen LogP) is 5.42. The molecular formula is C28H31FN2O2. The van der Waals surface area contributed by atoms with Crippen LogP contribution in [0.2, 0.25) is 0 Å². The molecule has 0 unspecified atom stereocenters. The van der Waals surface area contributed by atoms with Crippen molar-refractivity contribution in [2.45, 2.75) is 45.4 Å². The number of Topliss-reactive ketones (excluding diaryl/α,β-unsaturated/α-hetero) is 1. The molecule has 3 atom stereocenters. The highest BCUT2D eigenvalue weighted by Gasteiger charge is 2.35. The van der Waals surface area contributed by atoms with Crippen LogP contribution in [0.25, 0.3) is 0 Å². The molecule has 3 aromatic carbocycles. The number of rotatable bonds is 6. The zero-order chi connectivity index (χ0) is 23.5. The Morgan fingerprint density at radius 2 is 1.70 bits per heavy atom. The van der Waals surface area contributed by atoms with E-state index in [2.05, 4.69) is 23.6 Å². The van der Waals surface area contributed by atoms with Crippen molar-refractivity contribution in [2.24, 2.45) is 0 Å². The van der Waals surface area contributed by atoms with Gasteiger partial charge in [0.25, 0.3) is 0 Å². The van der Waals surface area contributed by atoms with Gasteiger partial charge in [-0.3, -0.25) is 14.6 Å². The zero-order valence-corrected chi connectivity index (χ0v) is 19.4. The zero-order valence-electron chi connectivity index (χ0n) is 19.4. The predicted molar refractivity (Wildman–Crippen MR) is 129 cm³/mol. The average Bonchev–Trinajstić information content (AvgIpc) is 2.79. The van der Waals surface area contributed by atoms with Gasteiger partial charge < -0.3 is 5.11 Å². The van der Waals surface area contributed by atoms with Crippen molar-refractivity contribution in [3.8, 4) is 5.75 Å². The van der Waals surface area contributed by atoms with Gasteiger partial charge in [0.1, 0.15) is 11.6 Å². The summed E-state index contributed by atoms with van der Waals surface area (Å²) in [5, 5.41) is 10.2. The first kappa shape index (κ1) is 23.1. The van der Waals surface area contributed by atoms with Crippen LogP contribution in [0.1, 0.15) is 53.9 Å². The number of phenols is 1. The number of hydrogen-bond donors (Lipinski definition) is 1. The van der Waals surface area contributed by atoms with Crippen molar-refractivity contribution in [3.05, 3.63) is 101 Å². The molecule has 3 aromatic rings. The van der Waals surface area contributed by atoms with Crippen molar-refractivity contribution < 1.29 is 14.3 Å². The number of piperazine rings is 1. The number of hydrogen-bond acceptors (Lipinski definition) is 4. The molecular weight excluding hydrogens is 415 g/mol. The summed E-state index contributed by atoms with van der Waals surface area (Å²) in [6.07, 6.45) is 0. The minimum Gasteiger partial charge on any atom is -0.508 e. The lowest BCUT2D eigenvalue weighted by Crippen LogP contribution is -2.56. The Balaban J connectivity index is 1.63. The van der Waals surface area contributed by atoms with Gasteiger partial charge in [-0.05, 0) is 50.1 Å². The standard InChI is InChI=1S/C28H31FN2O2/c1-19-17-31(20(2)16-30(19)18-25-7-4-5-10-27(25)29)28(24-8-6-9-26(33)15-24)23-13-11-22(12-14-23)21(3)32/h4-15,19-20,28,33H,16-18H2,1-3H3/t19-,20+,28+/m1/s1. The van der Waals surface area contributed by atoms with Crippen molar-refractivity contribution >= 4 is 5.78 Å². The van der Waals surface area contributed by atoms with Gasteiger partial charge in [0.2, 0.25) is 0 Å². The van der Waals surface area contributed by atoms with E-state index >= 15 is 0 Å². The van der Waals surface area contributed by atoms with E-state index in [1.807, 2.05) is 54.6 Å². The largest absolute Gasteiger partial charge is 0.508 e. The highest BCUT2D eigenvalue weighted by Crippen LogP contribution is 2.35. The Labute approximate surface area is 195 Å². The van der Waals surface area contributed by atoms with Crippen molar-refractivity contribution in [3.63, 3.8) is 0 Å². The monoisotopic (exact) mass is 446 g/mol. The number of aromatic hydroxyl groups is 1. The van der Waals surface area contributed by atoms with Crippen LogP contribution in [0.4, 0.5) is 4.39 Å². The lowest BCUT2D eigenvalue weighted by atomic mass is 9.92. The van der Waals surface area contributed by atoms with Crippen LogP contribution < -0.4 is 0 Å². The van der Waals surface area contributed by atoms with Crippen LogP contribution in [0.15, 0.2) is 72.8 Å². The lowest BCUT2D eigenvalue weighted by Gasteiger charge is -2.47. The average molecular weight is 447 g/mol. The molecule has 0 aliphatic carbocycles. The molecule has 0 bridgehead atoms. The summed E-state index contributed by atoms with van der Waals surface area (Å²) in [4.78, 5) is 16.5. The Bertz CT molecular complexity index is 1110. The second-order valence-electron chi connectivity index (χ2n) is 9.09. The van der Waals surface area contributed by atoms with Crippen LogP contribution in [0.5, 0.6) is 5.75 Å². The molecule has 0 saturated carbocycles. The van der Waals surface area contributed by atoms with Crippen molar-refractivity contribution in [2.75, 3.05) is 13.1 Å². The van der Waals surface area contributed by atoms with E-state index in [1.54, 1.807) is 19.1 Å². The van der Waals surface area contributed by atoms with Crippen LogP contribution in [0, 0.1) is 5.82 Å². The molecule has 1 saturated heterocycles. The molecule has 0 aromatic heterocycles.